The zero-order valence-electron chi connectivity index (χ0n) is 77.3. The molecule has 3 aromatic carbocycles. The molecule has 7 fully saturated rings. The van der Waals surface area contributed by atoms with Crippen molar-refractivity contribution < 1.29 is 85.7 Å². The highest BCUT2D eigenvalue weighted by Gasteiger charge is 2.55. The fourth-order valence-electron chi connectivity index (χ4n) is 18.6. The maximum absolute atomic E-state index is 14.8. The number of hydrogen-bond donors (Lipinski definition) is 1. The molecule has 0 unspecified atom stereocenters. The molecule has 27 nitrogen and oxygen atoms in total. The molecule has 6 aromatic rings. The van der Waals surface area contributed by atoms with E-state index in [2.05, 4.69) is 45.0 Å². The van der Waals surface area contributed by atoms with Gasteiger partial charge in [-0.05, 0) is 225 Å². The molecular formula is C98H134Cl3N9O18. The van der Waals surface area contributed by atoms with Crippen molar-refractivity contribution in [1.82, 2.24) is 45.0 Å². The molecule has 2 amide bonds. The third kappa shape index (κ3) is 26.8. The maximum atomic E-state index is 14.8. The van der Waals surface area contributed by atoms with Crippen LogP contribution in [0.5, 0.6) is 34.9 Å². The number of rotatable bonds is 34. The third-order valence-corrected chi connectivity index (χ3v) is 25.6. The number of amides is 2. The standard InChI is InChI=1S/C40H55N3O7.C38H52ClN3O7.C20H26ClN3O4.ClH/c1-8-11-13-18-26-21-33(26)48-35(44)23-29(25-16-14-12-15-17-25)38(45)43-24-34(28(9-2)36(43)39(46)50-40(4,5)6)49-37-30(10-3)41-31-20-19-27(47-7)22-32(31)42-37;1-7-9-11-16-24-19-30(24)47-32(43)21-27(23-14-12-10-13-15-23)36(44)42-22-31(26(8-2)33(42)37(45)49-38(3,4)5)48-35-34(39)40-28-18-17-25(46-6)20-29(28)41-35;1-6-12-15(10-22-16(12)19(25)28-20(2,3)4)27-18-17(21)23-13-8-7-11(26-5)9-14(13)24-18;/h8,10,19-20,22,25-26,28-29,33-34,36H,1,3,9,11-18,21,23-24H2,2,4-7H3;7,17-18,20,23-24,26-27,30-31,33H,1,8-16,19,21-22H2,2-6H3;7-9,12,15-16,22H,6,10H2,1-5H3;1H/t26-,28-,29+,33-,34+,36+;24-,26-,27+,30-,31+,33+;12-,15+,16+;/m111./s1. The van der Waals surface area contributed by atoms with Crippen molar-refractivity contribution in [2.24, 2.45) is 53.3 Å². The Morgan fingerprint density at radius 2 is 0.844 bits per heavy atom. The van der Waals surface area contributed by atoms with Crippen LogP contribution >= 0.6 is 35.6 Å². The average molecular weight is 1830 g/mol. The second kappa shape index (κ2) is 45.6. The molecule has 0 spiro atoms. The van der Waals surface area contributed by atoms with Crippen LogP contribution in [0.15, 0.2) is 86.5 Å². The predicted octanol–water partition coefficient (Wildman–Crippen LogP) is 18.8. The first-order valence-electron chi connectivity index (χ1n) is 45.7. The van der Waals surface area contributed by atoms with Crippen LogP contribution in [0.1, 0.15) is 236 Å². The number of aromatic nitrogens is 6. The quantitative estimate of drug-likeness (QED) is 0.0170. The summed E-state index contributed by atoms with van der Waals surface area (Å²) in [6.07, 6.45) is 22.9. The van der Waals surface area contributed by atoms with E-state index < -0.39 is 82.7 Å². The second-order valence-electron chi connectivity index (χ2n) is 37.8. The second-order valence-corrected chi connectivity index (χ2v) is 38.5. The fourth-order valence-corrected chi connectivity index (χ4v) is 18.9. The summed E-state index contributed by atoms with van der Waals surface area (Å²) in [6, 6.07) is 13.9. The summed E-state index contributed by atoms with van der Waals surface area (Å²) >= 11 is 12.9. The van der Waals surface area contributed by atoms with Gasteiger partial charge in [-0.1, -0.05) is 101 Å². The molecule has 4 aliphatic carbocycles. The molecule has 128 heavy (non-hydrogen) atoms. The summed E-state index contributed by atoms with van der Waals surface area (Å²) in [4.78, 5) is 128. The summed E-state index contributed by atoms with van der Waals surface area (Å²) in [6.45, 7) is 34.7. The molecule has 6 heterocycles. The fraction of sp³-hybridized carbons (Fsp3) is 0.622. The summed E-state index contributed by atoms with van der Waals surface area (Å²) in [5.41, 5.74) is 2.03. The molecule has 0 bridgehead atoms. The summed E-state index contributed by atoms with van der Waals surface area (Å²) in [7, 11) is 4.75. The highest BCUT2D eigenvalue weighted by molar-refractivity contribution is 6.31. The lowest BCUT2D eigenvalue weighted by Gasteiger charge is -2.35. The Bertz CT molecular complexity index is 4850. The highest BCUT2D eigenvalue weighted by atomic mass is 35.5. The molecule has 3 saturated heterocycles. The summed E-state index contributed by atoms with van der Waals surface area (Å²) < 4.78 is 64.3. The summed E-state index contributed by atoms with van der Waals surface area (Å²) in [5, 5.41) is 3.48. The number of esters is 5. The predicted molar refractivity (Wildman–Crippen MR) is 494 cm³/mol. The zero-order valence-corrected chi connectivity index (χ0v) is 79.7. The van der Waals surface area contributed by atoms with Crippen LogP contribution in [0.4, 0.5) is 0 Å². The van der Waals surface area contributed by atoms with E-state index in [-0.39, 0.29) is 132 Å². The SMILES string of the molecule is C=CCCC[C@@H]1C[C@H]1OC(=O)C[C@H](C(=O)N1C[C@H](Oc2nc3cc(OC)ccc3nc2C=C)[C@@H](CC)[C@H]1C(=O)OC(C)(C)C)C1CCCCC1.C=CCCC[C@@H]1C[C@H]1OC(=O)C[C@H](C(=O)N1C[C@H](Oc2nc3cc(OC)ccc3nc2Cl)[C@@H](CC)[C@H]1C(=O)OC(C)(C)C)C1CCCCC1.CC[C@@H]1[C@@H](Oc2nc3cc(OC)ccc3nc2Cl)CN[C@@H]1C(=O)OC(C)(C)C.Cl. The number of nitrogens with zero attached hydrogens (tertiary/aromatic N) is 8. The van der Waals surface area contributed by atoms with Gasteiger partial charge in [0.25, 0.3) is 11.8 Å². The molecule has 3 aromatic heterocycles. The van der Waals surface area contributed by atoms with Crippen molar-refractivity contribution in [3.05, 3.63) is 102 Å². The van der Waals surface area contributed by atoms with Crippen molar-refractivity contribution in [2.45, 2.75) is 296 Å². The van der Waals surface area contributed by atoms with Gasteiger partial charge in [0.2, 0.25) is 17.7 Å². The molecule has 13 rings (SSSR count). The zero-order chi connectivity index (χ0) is 91.8. The van der Waals surface area contributed by atoms with E-state index >= 15 is 0 Å². The third-order valence-electron chi connectivity index (χ3n) is 25.1. The van der Waals surface area contributed by atoms with Gasteiger partial charge in [-0.2, -0.15) is 0 Å². The monoisotopic (exact) mass is 1830 g/mol. The van der Waals surface area contributed by atoms with Gasteiger partial charge in [-0.3, -0.25) is 24.0 Å². The van der Waals surface area contributed by atoms with E-state index in [1.165, 1.54) is 0 Å². The van der Waals surface area contributed by atoms with E-state index in [4.69, 9.17) is 85.3 Å². The number of halogens is 3. The molecule has 700 valence electrons. The van der Waals surface area contributed by atoms with Gasteiger partial charge in [-0.25, -0.2) is 39.5 Å². The minimum atomic E-state index is -0.909. The Kier molecular flexibility index (Phi) is 35.9. The van der Waals surface area contributed by atoms with Crippen molar-refractivity contribution >= 4 is 116 Å². The number of hydrogen-bond acceptors (Lipinski definition) is 25. The Labute approximate surface area is 770 Å². The number of allylic oxidation sites excluding steroid dienone is 2. The molecular weight excluding hydrogens is 1700 g/mol. The Morgan fingerprint density at radius 1 is 0.477 bits per heavy atom. The van der Waals surface area contributed by atoms with E-state index in [0.717, 1.165) is 122 Å². The van der Waals surface area contributed by atoms with E-state index in [1.807, 2.05) is 107 Å². The number of carbonyl (C=O) groups is 7. The Hall–Kier alpha value is -9.18. The lowest BCUT2D eigenvalue weighted by atomic mass is 9.77. The van der Waals surface area contributed by atoms with Crippen LogP contribution in [0.25, 0.3) is 39.2 Å². The Balaban J connectivity index is 0.000000207. The van der Waals surface area contributed by atoms with Crippen LogP contribution in [0.2, 0.25) is 10.3 Å². The molecule has 0 radical (unpaired) electrons. The number of likely N-dealkylation sites (tertiary alicyclic amines) is 2. The van der Waals surface area contributed by atoms with E-state index in [0.29, 0.717) is 87.3 Å². The van der Waals surface area contributed by atoms with Gasteiger partial charge in [0.15, 0.2) is 10.3 Å². The van der Waals surface area contributed by atoms with Gasteiger partial charge in [-0.15, -0.1) is 25.6 Å². The molecule has 4 saturated carbocycles. The van der Waals surface area contributed by atoms with Crippen molar-refractivity contribution in [3.63, 3.8) is 0 Å². The Morgan fingerprint density at radius 3 is 1.21 bits per heavy atom. The van der Waals surface area contributed by atoms with Crippen molar-refractivity contribution in [2.75, 3.05) is 41.0 Å². The minimum Gasteiger partial charge on any atom is -0.497 e. The average Bonchev–Trinajstić information content (AvgIpc) is 1.64. The van der Waals surface area contributed by atoms with Gasteiger partial charge < -0.3 is 67.2 Å². The van der Waals surface area contributed by atoms with Crippen LogP contribution in [-0.4, -0.2) is 188 Å². The topological polar surface area (TPSA) is 317 Å². The minimum absolute atomic E-state index is 0. The summed E-state index contributed by atoms with van der Waals surface area (Å²) in [5.74, 6) is -1.12. The van der Waals surface area contributed by atoms with Crippen LogP contribution < -0.4 is 33.7 Å². The van der Waals surface area contributed by atoms with Crippen LogP contribution in [0.3, 0.4) is 0 Å². The smallest absolute Gasteiger partial charge is 0.329 e. The molecule has 7 aliphatic rings. The number of carbonyl (C=O) groups excluding carboxylic acids is 7. The normalized spacial score (nSPS) is 23.8. The number of unbranched alkanes of at least 4 members (excludes halogenated alkanes) is 2. The van der Waals surface area contributed by atoms with Gasteiger partial charge >= 0.3 is 29.8 Å². The lowest BCUT2D eigenvalue weighted by molar-refractivity contribution is -0.167. The molecule has 1 N–H and O–H groups in total. The number of nitrogens with one attached hydrogen (secondary N) is 1. The van der Waals surface area contributed by atoms with Gasteiger partial charge in [0.05, 0.1) is 92.2 Å². The number of fused-ring (bicyclic) bond motifs is 3. The van der Waals surface area contributed by atoms with Crippen LogP contribution in [0, 0.1) is 53.3 Å². The van der Waals surface area contributed by atoms with E-state index in [1.54, 1.807) is 79.7 Å². The molecule has 15 atom stereocenters. The van der Waals surface area contributed by atoms with Gasteiger partial charge in [0, 0.05) is 42.5 Å². The highest BCUT2D eigenvalue weighted by Crippen LogP contribution is 2.46. The number of ether oxygens (including phenoxy) is 11. The van der Waals surface area contributed by atoms with Crippen LogP contribution in [-0.2, 0) is 57.2 Å². The van der Waals surface area contributed by atoms with Crippen molar-refractivity contribution in [1.29, 1.82) is 0 Å². The number of benzene rings is 3. The molecule has 30 heteroatoms. The first kappa shape index (κ1) is 101. The van der Waals surface area contributed by atoms with Crippen molar-refractivity contribution in [3.8, 4) is 34.9 Å². The lowest BCUT2D eigenvalue weighted by Crippen LogP contribution is -2.49. The first-order valence-corrected chi connectivity index (χ1v) is 46.5. The van der Waals surface area contributed by atoms with E-state index in [9.17, 15) is 33.6 Å². The van der Waals surface area contributed by atoms with Gasteiger partial charge in [0.1, 0.15) is 88.4 Å². The first-order chi connectivity index (χ1) is 60.6. The maximum Gasteiger partial charge on any atom is 0.329 e. The largest absolute Gasteiger partial charge is 0.497 e. The number of methoxy groups -OCH3 is 3. The molecule has 3 aliphatic heterocycles.